The van der Waals surface area contributed by atoms with E-state index < -0.39 is 0 Å². The van der Waals surface area contributed by atoms with E-state index in [0.717, 1.165) is 16.6 Å². The molecule has 138 valence electrons. The van der Waals surface area contributed by atoms with Gasteiger partial charge in [0.1, 0.15) is 11.5 Å². The number of rotatable bonds is 7. The van der Waals surface area contributed by atoms with Crippen LogP contribution >= 0.6 is 15.9 Å². The summed E-state index contributed by atoms with van der Waals surface area (Å²) in [6.45, 7) is 0.495. The summed E-state index contributed by atoms with van der Waals surface area (Å²) in [5.74, 6) is 1.07. The molecule has 0 fully saturated rings. The Hall–Kier alpha value is -2.79. The first-order valence-electron chi connectivity index (χ1n) is 8.57. The molecule has 4 nitrogen and oxygen atoms in total. The molecule has 0 aliphatic carbocycles. The Morgan fingerprint density at radius 3 is 2.44 bits per heavy atom. The second-order valence-electron chi connectivity index (χ2n) is 5.91. The Morgan fingerprint density at radius 2 is 1.74 bits per heavy atom. The van der Waals surface area contributed by atoms with Crippen LogP contribution in [0.25, 0.3) is 0 Å². The number of amides is 1. The smallest absolute Gasteiger partial charge is 0.259 e. The fourth-order valence-electron chi connectivity index (χ4n) is 2.60. The number of carbonyl (C=O) groups is 1. The number of benzene rings is 3. The molecule has 27 heavy (non-hydrogen) atoms. The molecule has 0 atom stereocenters. The van der Waals surface area contributed by atoms with Gasteiger partial charge in [-0.25, -0.2) is 0 Å². The van der Waals surface area contributed by atoms with Gasteiger partial charge in [-0.2, -0.15) is 0 Å². The molecule has 3 rings (SSSR count). The molecule has 1 N–H and O–H groups in total. The van der Waals surface area contributed by atoms with Gasteiger partial charge in [-0.15, -0.1) is 0 Å². The van der Waals surface area contributed by atoms with Gasteiger partial charge in [0.2, 0.25) is 0 Å². The summed E-state index contributed by atoms with van der Waals surface area (Å²) in [6, 6.07) is 22.7. The van der Waals surface area contributed by atoms with Gasteiger partial charge < -0.3 is 14.8 Å². The fraction of sp³-hybridized carbons (Fsp3) is 0.136. The summed E-state index contributed by atoms with van der Waals surface area (Å²) < 4.78 is 11.8. The number of methoxy groups -OCH3 is 1. The van der Waals surface area contributed by atoms with Crippen LogP contribution in [0.2, 0.25) is 0 Å². The SMILES string of the molecule is COc1ccc(NC(=O)c2cc(Br)ccc2OCCc2ccccc2)cc1. The van der Waals surface area contributed by atoms with Crippen molar-refractivity contribution in [1.82, 2.24) is 0 Å². The molecule has 5 heteroatoms. The third-order valence-electron chi connectivity index (χ3n) is 4.03. The minimum atomic E-state index is -0.226. The maximum absolute atomic E-state index is 12.7. The standard InChI is InChI=1S/C22H20BrNO3/c1-26-19-10-8-18(9-11-19)24-22(25)20-15-17(23)7-12-21(20)27-14-13-16-5-3-2-4-6-16/h2-12,15H,13-14H2,1H3,(H,24,25). The number of halogens is 1. The maximum Gasteiger partial charge on any atom is 0.259 e. The molecule has 0 heterocycles. The number of carbonyl (C=O) groups excluding carboxylic acids is 1. The zero-order chi connectivity index (χ0) is 19.1. The zero-order valence-electron chi connectivity index (χ0n) is 14.9. The highest BCUT2D eigenvalue weighted by atomic mass is 79.9. The van der Waals surface area contributed by atoms with Crippen molar-refractivity contribution in [2.45, 2.75) is 6.42 Å². The number of hydrogen-bond donors (Lipinski definition) is 1. The Morgan fingerprint density at radius 1 is 1.00 bits per heavy atom. The second-order valence-corrected chi connectivity index (χ2v) is 6.82. The molecule has 0 unspecified atom stereocenters. The third-order valence-corrected chi connectivity index (χ3v) is 4.52. The van der Waals surface area contributed by atoms with Gasteiger partial charge in [0, 0.05) is 16.6 Å². The van der Waals surface area contributed by atoms with E-state index in [0.29, 0.717) is 23.6 Å². The lowest BCUT2D eigenvalue weighted by Crippen LogP contribution is -2.14. The largest absolute Gasteiger partial charge is 0.497 e. The molecule has 0 radical (unpaired) electrons. The van der Waals surface area contributed by atoms with E-state index in [9.17, 15) is 4.79 Å². The lowest BCUT2D eigenvalue weighted by atomic mass is 10.1. The molecule has 0 bridgehead atoms. The minimum absolute atomic E-state index is 0.226. The summed E-state index contributed by atoms with van der Waals surface area (Å²) in [6.07, 6.45) is 0.774. The van der Waals surface area contributed by atoms with Crippen molar-refractivity contribution in [3.63, 3.8) is 0 Å². The Kier molecular flexibility index (Phi) is 6.49. The van der Waals surface area contributed by atoms with Crippen molar-refractivity contribution in [2.24, 2.45) is 0 Å². The highest BCUT2D eigenvalue weighted by Gasteiger charge is 2.14. The monoisotopic (exact) mass is 425 g/mol. The number of nitrogens with one attached hydrogen (secondary N) is 1. The van der Waals surface area contributed by atoms with Crippen molar-refractivity contribution in [1.29, 1.82) is 0 Å². The van der Waals surface area contributed by atoms with E-state index in [4.69, 9.17) is 9.47 Å². The number of hydrogen-bond acceptors (Lipinski definition) is 3. The lowest BCUT2D eigenvalue weighted by molar-refractivity contribution is 0.102. The first-order chi connectivity index (χ1) is 13.2. The van der Waals surface area contributed by atoms with Gasteiger partial charge in [0.05, 0.1) is 19.3 Å². The van der Waals surface area contributed by atoms with Gasteiger partial charge >= 0.3 is 0 Å². The molecule has 0 aliphatic rings. The van der Waals surface area contributed by atoms with Crippen molar-refractivity contribution in [2.75, 3.05) is 19.0 Å². The summed E-state index contributed by atoms with van der Waals surface area (Å²) in [4.78, 5) is 12.7. The van der Waals surface area contributed by atoms with Crippen LogP contribution in [0.1, 0.15) is 15.9 Å². The molecule has 3 aromatic rings. The average Bonchev–Trinajstić information content (AvgIpc) is 2.70. The predicted molar refractivity (Wildman–Crippen MR) is 111 cm³/mol. The summed E-state index contributed by atoms with van der Waals surface area (Å²) in [7, 11) is 1.61. The normalized spacial score (nSPS) is 10.3. The van der Waals surface area contributed by atoms with Crippen molar-refractivity contribution >= 4 is 27.5 Å². The van der Waals surface area contributed by atoms with Crippen LogP contribution in [0.3, 0.4) is 0 Å². The molecule has 3 aromatic carbocycles. The van der Waals surface area contributed by atoms with Crippen LogP contribution < -0.4 is 14.8 Å². The molecule has 0 saturated carbocycles. The van der Waals surface area contributed by atoms with Crippen LogP contribution in [0.15, 0.2) is 77.3 Å². The van der Waals surface area contributed by atoms with Gasteiger partial charge in [-0.3, -0.25) is 4.79 Å². The van der Waals surface area contributed by atoms with Crippen LogP contribution in [-0.2, 0) is 6.42 Å². The van der Waals surface area contributed by atoms with Crippen molar-refractivity contribution in [3.05, 3.63) is 88.4 Å². The number of ether oxygens (including phenoxy) is 2. The molecule has 0 aliphatic heterocycles. The Balaban J connectivity index is 1.69. The highest BCUT2D eigenvalue weighted by molar-refractivity contribution is 9.10. The van der Waals surface area contributed by atoms with Gasteiger partial charge in [-0.05, 0) is 48.0 Å². The van der Waals surface area contributed by atoms with E-state index in [2.05, 4.69) is 33.4 Å². The summed E-state index contributed by atoms with van der Waals surface area (Å²) in [5.41, 5.74) is 2.36. The van der Waals surface area contributed by atoms with Gasteiger partial charge in [0.25, 0.3) is 5.91 Å². The van der Waals surface area contributed by atoms with E-state index in [1.165, 1.54) is 5.56 Å². The van der Waals surface area contributed by atoms with Crippen LogP contribution in [0, 0.1) is 0 Å². The Labute approximate surface area is 167 Å². The zero-order valence-corrected chi connectivity index (χ0v) is 16.5. The first kappa shape index (κ1) is 19.0. The van der Waals surface area contributed by atoms with E-state index in [1.807, 2.05) is 24.3 Å². The molecular weight excluding hydrogens is 406 g/mol. The van der Waals surface area contributed by atoms with Crippen molar-refractivity contribution < 1.29 is 14.3 Å². The topological polar surface area (TPSA) is 47.6 Å². The van der Waals surface area contributed by atoms with E-state index in [1.54, 1.807) is 43.5 Å². The van der Waals surface area contributed by atoms with Gasteiger partial charge in [0.15, 0.2) is 0 Å². The lowest BCUT2D eigenvalue weighted by Gasteiger charge is -2.13. The minimum Gasteiger partial charge on any atom is -0.497 e. The third kappa shape index (κ3) is 5.34. The van der Waals surface area contributed by atoms with Crippen LogP contribution in [-0.4, -0.2) is 19.6 Å². The second kappa shape index (κ2) is 9.24. The summed E-state index contributed by atoms with van der Waals surface area (Å²) >= 11 is 3.42. The predicted octanol–water partition coefficient (Wildman–Crippen LogP) is 5.33. The Bertz CT molecular complexity index is 895. The van der Waals surface area contributed by atoms with E-state index in [-0.39, 0.29) is 5.91 Å². The van der Waals surface area contributed by atoms with E-state index >= 15 is 0 Å². The van der Waals surface area contributed by atoms with Gasteiger partial charge in [-0.1, -0.05) is 46.3 Å². The number of anilines is 1. The quantitative estimate of drug-likeness (QED) is 0.556. The maximum atomic E-state index is 12.7. The first-order valence-corrected chi connectivity index (χ1v) is 9.36. The molecule has 1 amide bonds. The summed E-state index contributed by atoms with van der Waals surface area (Å²) in [5, 5.41) is 2.89. The van der Waals surface area contributed by atoms with Crippen molar-refractivity contribution in [3.8, 4) is 11.5 Å². The van der Waals surface area contributed by atoms with Crippen LogP contribution in [0.5, 0.6) is 11.5 Å². The molecule has 0 spiro atoms. The average molecular weight is 426 g/mol. The highest BCUT2D eigenvalue weighted by Crippen LogP contribution is 2.25. The molecule has 0 saturated heterocycles. The van der Waals surface area contributed by atoms with Crippen LogP contribution in [0.4, 0.5) is 5.69 Å². The fourth-order valence-corrected chi connectivity index (χ4v) is 2.96. The molecular formula is C22H20BrNO3. The molecule has 0 aromatic heterocycles.